The fourth-order valence-electron chi connectivity index (χ4n) is 2.84. The first-order valence-electron chi connectivity index (χ1n) is 6.93. The fourth-order valence-corrected chi connectivity index (χ4v) is 2.84. The van der Waals surface area contributed by atoms with Gasteiger partial charge >= 0.3 is 0 Å². The van der Waals surface area contributed by atoms with Gasteiger partial charge in [-0.25, -0.2) is 0 Å². The van der Waals surface area contributed by atoms with E-state index in [1.165, 1.54) is 0 Å². The summed E-state index contributed by atoms with van der Waals surface area (Å²) in [6, 6.07) is 0.205. The molecule has 1 amide bonds. The molecule has 2 fully saturated rings. The first-order chi connectivity index (χ1) is 8.72. The van der Waals surface area contributed by atoms with Gasteiger partial charge in [-0.15, -0.1) is 0 Å². The van der Waals surface area contributed by atoms with E-state index in [9.17, 15) is 4.79 Å². The van der Waals surface area contributed by atoms with Crippen molar-refractivity contribution in [1.82, 2.24) is 15.1 Å². The molecule has 1 atom stereocenters. The molecule has 0 aromatic heterocycles. The summed E-state index contributed by atoms with van der Waals surface area (Å²) < 4.78 is 5.48. The molecule has 1 N–H and O–H groups in total. The highest BCUT2D eigenvalue weighted by molar-refractivity contribution is 5.79. The second-order valence-electron chi connectivity index (χ2n) is 5.40. The van der Waals surface area contributed by atoms with E-state index in [4.69, 9.17) is 4.74 Å². The number of hydrogen-bond donors (Lipinski definition) is 1. The van der Waals surface area contributed by atoms with Crippen molar-refractivity contribution in [2.75, 3.05) is 53.5 Å². The molecule has 2 heterocycles. The quantitative estimate of drug-likeness (QED) is 0.757. The predicted molar refractivity (Wildman–Crippen MR) is 70.5 cm³/mol. The molecule has 2 saturated heterocycles. The number of morpholine rings is 1. The summed E-state index contributed by atoms with van der Waals surface area (Å²) in [7, 11) is 4.05. The first kappa shape index (κ1) is 13.8. The van der Waals surface area contributed by atoms with E-state index in [1.807, 2.05) is 11.9 Å². The average molecular weight is 255 g/mol. The van der Waals surface area contributed by atoms with Crippen LogP contribution in [0.5, 0.6) is 0 Å². The Hall–Kier alpha value is -0.650. The van der Waals surface area contributed by atoms with E-state index in [-0.39, 0.29) is 12.0 Å². The van der Waals surface area contributed by atoms with E-state index in [0.717, 1.165) is 39.0 Å². The Morgan fingerprint density at radius 1 is 1.33 bits per heavy atom. The molecule has 0 aromatic rings. The molecule has 0 aliphatic carbocycles. The molecule has 0 radical (unpaired) electrons. The maximum Gasteiger partial charge on any atom is 0.226 e. The smallest absolute Gasteiger partial charge is 0.226 e. The van der Waals surface area contributed by atoms with Crippen molar-refractivity contribution >= 4 is 5.91 Å². The minimum absolute atomic E-state index is 0.205. The maximum atomic E-state index is 12.6. The van der Waals surface area contributed by atoms with Crippen molar-refractivity contribution in [3.8, 4) is 0 Å². The molecule has 0 saturated carbocycles. The van der Waals surface area contributed by atoms with E-state index >= 15 is 0 Å². The third kappa shape index (κ3) is 3.22. The molecule has 0 bridgehead atoms. The highest BCUT2D eigenvalue weighted by atomic mass is 16.5. The Morgan fingerprint density at radius 3 is 2.72 bits per heavy atom. The Morgan fingerprint density at radius 2 is 2.06 bits per heavy atom. The number of likely N-dealkylation sites (N-methyl/N-ethyl adjacent to an activating group) is 1. The summed E-state index contributed by atoms with van der Waals surface area (Å²) in [6.45, 7) is 4.99. The Labute approximate surface area is 109 Å². The average Bonchev–Trinajstić information content (AvgIpc) is 2.40. The van der Waals surface area contributed by atoms with E-state index in [2.05, 4.69) is 17.3 Å². The van der Waals surface area contributed by atoms with Crippen molar-refractivity contribution in [3.05, 3.63) is 0 Å². The zero-order valence-corrected chi connectivity index (χ0v) is 11.5. The van der Waals surface area contributed by atoms with Crippen LogP contribution in [-0.4, -0.2) is 75.2 Å². The van der Waals surface area contributed by atoms with Gasteiger partial charge in [-0.05, 0) is 40.0 Å². The number of piperidine rings is 1. The molecule has 0 spiro atoms. The van der Waals surface area contributed by atoms with Gasteiger partial charge in [-0.1, -0.05) is 0 Å². The van der Waals surface area contributed by atoms with Crippen LogP contribution in [0.4, 0.5) is 0 Å². The van der Waals surface area contributed by atoms with Gasteiger partial charge in [-0.3, -0.25) is 4.79 Å². The maximum absolute atomic E-state index is 12.6. The second-order valence-corrected chi connectivity index (χ2v) is 5.40. The lowest BCUT2D eigenvalue weighted by molar-refractivity contribution is -0.145. The summed E-state index contributed by atoms with van der Waals surface area (Å²) in [5, 5.41) is 3.15. The van der Waals surface area contributed by atoms with Crippen LogP contribution in [-0.2, 0) is 9.53 Å². The molecule has 104 valence electrons. The molecule has 5 nitrogen and oxygen atoms in total. The minimum Gasteiger partial charge on any atom is -0.377 e. The van der Waals surface area contributed by atoms with Crippen molar-refractivity contribution in [1.29, 1.82) is 0 Å². The van der Waals surface area contributed by atoms with Crippen LogP contribution in [0, 0.1) is 5.92 Å². The molecule has 18 heavy (non-hydrogen) atoms. The third-order valence-corrected chi connectivity index (χ3v) is 4.02. The van der Waals surface area contributed by atoms with Crippen LogP contribution in [0.2, 0.25) is 0 Å². The van der Waals surface area contributed by atoms with Crippen LogP contribution >= 0.6 is 0 Å². The van der Waals surface area contributed by atoms with Gasteiger partial charge in [0.05, 0.1) is 19.3 Å². The molecular weight excluding hydrogens is 230 g/mol. The van der Waals surface area contributed by atoms with Crippen LogP contribution in [0.1, 0.15) is 12.8 Å². The molecule has 5 heteroatoms. The number of ether oxygens (including phenoxy) is 1. The normalized spacial score (nSPS) is 27.4. The zero-order valence-electron chi connectivity index (χ0n) is 11.5. The van der Waals surface area contributed by atoms with Crippen LogP contribution < -0.4 is 5.32 Å². The van der Waals surface area contributed by atoms with Gasteiger partial charge in [0.2, 0.25) is 5.91 Å². The Balaban J connectivity index is 1.93. The van der Waals surface area contributed by atoms with Crippen LogP contribution in [0.25, 0.3) is 0 Å². The lowest BCUT2D eigenvalue weighted by atomic mass is 9.94. The first-order valence-corrected chi connectivity index (χ1v) is 6.93. The van der Waals surface area contributed by atoms with Gasteiger partial charge in [0.25, 0.3) is 0 Å². The number of likely N-dealkylation sites (tertiary alicyclic amines) is 1. The molecule has 2 aliphatic rings. The van der Waals surface area contributed by atoms with Crippen molar-refractivity contribution in [3.63, 3.8) is 0 Å². The topological polar surface area (TPSA) is 44.8 Å². The van der Waals surface area contributed by atoms with Gasteiger partial charge in [-0.2, -0.15) is 0 Å². The van der Waals surface area contributed by atoms with Crippen LogP contribution in [0.3, 0.4) is 0 Å². The van der Waals surface area contributed by atoms with Gasteiger partial charge in [0, 0.05) is 19.0 Å². The van der Waals surface area contributed by atoms with Gasteiger partial charge in [0.1, 0.15) is 0 Å². The predicted octanol–water partition coefficient (Wildman–Crippen LogP) is -0.225. The second kappa shape index (κ2) is 6.50. The molecule has 2 aliphatic heterocycles. The summed E-state index contributed by atoms with van der Waals surface area (Å²) in [5.41, 5.74) is 0. The summed E-state index contributed by atoms with van der Waals surface area (Å²) >= 11 is 0. The third-order valence-electron chi connectivity index (χ3n) is 4.02. The fraction of sp³-hybridized carbons (Fsp3) is 0.923. The van der Waals surface area contributed by atoms with Crippen molar-refractivity contribution in [2.45, 2.75) is 18.9 Å². The number of nitrogens with zero attached hydrogens (tertiary/aromatic N) is 2. The number of carbonyl (C=O) groups is 1. The summed E-state index contributed by atoms with van der Waals surface area (Å²) in [5.74, 6) is 0.560. The molecule has 1 unspecified atom stereocenters. The van der Waals surface area contributed by atoms with Crippen molar-refractivity contribution in [2.24, 2.45) is 5.92 Å². The number of hydrogen-bond acceptors (Lipinski definition) is 4. The Kier molecular flexibility index (Phi) is 4.97. The number of amides is 1. The SMILES string of the molecule is CNCC1COCCN1C(=O)C1CCN(C)CC1. The molecule has 2 rings (SSSR count). The van der Waals surface area contributed by atoms with Crippen LogP contribution in [0.15, 0.2) is 0 Å². The van der Waals surface area contributed by atoms with Gasteiger partial charge < -0.3 is 19.9 Å². The van der Waals surface area contributed by atoms with Gasteiger partial charge in [0.15, 0.2) is 0 Å². The standard InChI is InChI=1S/C13H25N3O2/c1-14-9-12-10-18-8-7-16(12)13(17)11-3-5-15(2)6-4-11/h11-12,14H,3-10H2,1-2H3. The van der Waals surface area contributed by atoms with E-state index < -0.39 is 0 Å². The lowest BCUT2D eigenvalue weighted by Crippen LogP contribution is -2.55. The van der Waals surface area contributed by atoms with E-state index in [1.54, 1.807) is 0 Å². The minimum atomic E-state index is 0.205. The monoisotopic (exact) mass is 255 g/mol. The largest absolute Gasteiger partial charge is 0.377 e. The van der Waals surface area contributed by atoms with Crippen molar-refractivity contribution < 1.29 is 9.53 Å². The molecular formula is C13H25N3O2. The molecule has 0 aromatic carbocycles. The number of rotatable bonds is 3. The summed E-state index contributed by atoms with van der Waals surface area (Å²) in [6.07, 6.45) is 2.00. The lowest BCUT2D eigenvalue weighted by Gasteiger charge is -2.39. The highest BCUT2D eigenvalue weighted by Crippen LogP contribution is 2.21. The van der Waals surface area contributed by atoms with E-state index in [0.29, 0.717) is 19.1 Å². The zero-order chi connectivity index (χ0) is 13.0. The number of carbonyl (C=O) groups excluding carboxylic acids is 1. The highest BCUT2D eigenvalue weighted by Gasteiger charge is 2.32. The Bertz CT molecular complexity index is 275. The number of nitrogens with one attached hydrogen (secondary N) is 1. The summed E-state index contributed by atoms with van der Waals surface area (Å²) in [4.78, 5) is 16.9.